The molecule has 2 aliphatic rings. The maximum atomic E-state index is 11.4. The monoisotopic (exact) mass is 414 g/mol. The zero-order valence-corrected chi connectivity index (χ0v) is 17.1. The highest BCUT2D eigenvalue weighted by atomic mass is 32.1. The first kappa shape index (κ1) is 19.6. The fourth-order valence-corrected chi connectivity index (χ4v) is 4.55. The number of nitrogens with one attached hydrogen (secondary N) is 1. The minimum atomic E-state index is -0.964. The molecule has 0 aliphatic carbocycles. The van der Waals surface area contributed by atoms with Gasteiger partial charge < -0.3 is 14.8 Å². The molecular weight excluding hydrogens is 392 g/mol. The fraction of sp³-hybridized carbons (Fsp3) is 0.474. The number of pyridine rings is 1. The van der Waals surface area contributed by atoms with Crippen LogP contribution in [0.1, 0.15) is 38.0 Å². The highest BCUT2D eigenvalue weighted by Crippen LogP contribution is 2.48. The Balaban J connectivity index is 1.76. The molecule has 29 heavy (non-hydrogen) atoms. The topological polar surface area (TPSA) is 110 Å². The zero-order chi connectivity index (χ0) is 20.3. The number of anilines is 1. The quantitative estimate of drug-likeness (QED) is 0.773. The summed E-state index contributed by atoms with van der Waals surface area (Å²) in [5.74, 6) is 0.768. The molecule has 2 aromatic heterocycles. The zero-order valence-electron chi connectivity index (χ0n) is 16.3. The van der Waals surface area contributed by atoms with Crippen molar-refractivity contribution in [3.05, 3.63) is 23.2 Å². The maximum absolute atomic E-state index is 11.4. The van der Waals surface area contributed by atoms with Crippen LogP contribution in [0, 0.1) is 0 Å². The highest BCUT2D eigenvalue weighted by molar-refractivity contribution is 7.15. The van der Waals surface area contributed by atoms with Crippen molar-refractivity contribution in [2.45, 2.75) is 44.9 Å². The number of nitrogens with zero attached hydrogens (tertiary/aromatic N) is 5. The molecular formula is C19H22N6O3S. The molecule has 2 aliphatic heterocycles. The first-order valence-corrected chi connectivity index (χ1v) is 10.4. The van der Waals surface area contributed by atoms with E-state index in [4.69, 9.17) is 14.5 Å². The van der Waals surface area contributed by atoms with Gasteiger partial charge >= 0.3 is 0 Å². The number of aliphatic imine (C=N–C) groups is 1. The average Bonchev–Trinajstić information content (AvgIpc) is 3.37. The third kappa shape index (κ3) is 3.90. The van der Waals surface area contributed by atoms with Crippen molar-refractivity contribution in [2.24, 2.45) is 15.2 Å². The Morgan fingerprint density at radius 2 is 2.34 bits per heavy atom. The summed E-state index contributed by atoms with van der Waals surface area (Å²) in [4.78, 5) is 25.6. The van der Waals surface area contributed by atoms with Gasteiger partial charge in [0.1, 0.15) is 28.1 Å². The number of hydrogen-bond donors (Lipinski definition) is 1. The summed E-state index contributed by atoms with van der Waals surface area (Å²) in [6.45, 7) is 4.50. The van der Waals surface area contributed by atoms with Gasteiger partial charge in [0.25, 0.3) is 0 Å². The Morgan fingerprint density at radius 1 is 1.45 bits per heavy atom. The van der Waals surface area contributed by atoms with Crippen molar-refractivity contribution in [3.63, 3.8) is 0 Å². The Bertz CT molecular complexity index is 939. The fourth-order valence-electron chi connectivity index (χ4n) is 3.42. The van der Waals surface area contributed by atoms with E-state index >= 15 is 0 Å². The summed E-state index contributed by atoms with van der Waals surface area (Å²) < 4.78 is 11.9. The van der Waals surface area contributed by atoms with Crippen molar-refractivity contribution in [1.82, 2.24) is 9.97 Å². The van der Waals surface area contributed by atoms with Gasteiger partial charge in [0, 0.05) is 25.3 Å². The van der Waals surface area contributed by atoms with E-state index in [1.54, 1.807) is 12.3 Å². The minimum Gasteiger partial charge on any atom is -0.477 e. The first-order chi connectivity index (χ1) is 14.1. The first-order valence-electron chi connectivity index (χ1n) is 9.58. The van der Waals surface area contributed by atoms with E-state index in [2.05, 4.69) is 25.5 Å². The van der Waals surface area contributed by atoms with Crippen molar-refractivity contribution in [3.8, 4) is 16.5 Å². The van der Waals surface area contributed by atoms with Crippen LogP contribution in [0.3, 0.4) is 0 Å². The number of rotatable bonds is 6. The second-order valence-corrected chi connectivity index (χ2v) is 7.74. The Hall–Kier alpha value is -2.72. The van der Waals surface area contributed by atoms with Gasteiger partial charge in [-0.05, 0) is 38.3 Å². The molecule has 2 aromatic rings. The van der Waals surface area contributed by atoms with E-state index in [1.165, 1.54) is 24.6 Å². The molecule has 4 heterocycles. The van der Waals surface area contributed by atoms with Gasteiger partial charge in [-0.1, -0.05) is 0 Å². The summed E-state index contributed by atoms with van der Waals surface area (Å²) in [6, 6.07) is 3.62. The normalized spacial score (nSPS) is 23.3. The molecule has 0 aromatic carbocycles. The van der Waals surface area contributed by atoms with Crippen molar-refractivity contribution < 1.29 is 14.3 Å². The second-order valence-electron chi connectivity index (χ2n) is 6.74. The lowest BCUT2D eigenvalue weighted by atomic mass is 9.95. The van der Waals surface area contributed by atoms with Crippen molar-refractivity contribution >= 4 is 29.4 Å². The molecule has 1 amide bonds. The number of azo groups is 1. The van der Waals surface area contributed by atoms with Crippen LogP contribution in [-0.2, 0) is 15.2 Å². The van der Waals surface area contributed by atoms with Gasteiger partial charge in [-0.15, -0.1) is 21.6 Å². The van der Waals surface area contributed by atoms with Gasteiger partial charge in [-0.25, -0.2) is 15.0 Å². The van der Waals surface area contributed by atoms with E-state index < -0.39 is 5.66 Å². The molecule has 2 atom stereocenters. The standard InChI is InChI=1S/C19H22N6O3S/c1-3-27-17-16(19(21-11-22-25-19)14-6-4-5-9-28-14)29-18(24-17)13-7-8-20-15(10-13)23-12(2)26/h7-8,10-11,14H,3-6,9H2,1-2H3,(H,20,23,26). The molecule has 1 fully saturated rings. The smallest absolute Gasteiger partial charge is 0.238 e. The van der Waals surface area contributed by atoms with Crippen LogP contribution < -0.4 is 10.1 Å². The van der Waals surface area contributed by atoms with Crippen LogP contribution in [0.25, 0.3) is 10.6 Å². The highest BCUT2D eigenvalue weighted by Gasteiger charge is 2.48. The minimum absolute atomic E-state index is 0.182. The summed E-state index contributed by atoms with van der Waals surface area (Å²) in [5, 5.41) is 11.9. The lowest BCUT2D eigenvalue weighted by Gasteiger charge is -2.33. The van der Waals surface area contributed by atoms with Gasteiger partial charge in [-0.2, -0.15) is 0 Å². The van der Waals surface area contributed by atoms with Crippen molar-refractivity contribution in [1.29, 1.82) is 0 Å². The molecule has 0 bridgehead atoms. The number of amides is 1. The number of ether oxygens (including phenoxy) is 2. The third-order valence-corrected chi connectivity index (χ3v) is 5.87. The summed E-state index contributed by atoms with van der Waals surface area (Å²) in [6.07, 6.45) is 5.82. The average molecular weight is 414 g/mol. The number of carbonyl (C=O) groups excluding carboxylic acids is 1. The molecule has 2 unspecified atom stereocenters. The van der Waals surface area contributed by atoms with E-state index in [0.717, 1.165) is 34.7 Å². The van der Waals surface area contributed by atoms with Gasteiger partial charge in [0.15, 0.2) is 0 Å². The summed E-state index contributed by atoms with van der Waals surface area (Å²) in [7, 11) is 0. The Labute approximate surface area is 172 Å². The van der Waals surface area contributed by atoms with Gasteiger partial charge in [0.05, 0.1) is 6.61 Å². The van der Waals surface area contributed by atoms with E-state index in [-0.39, 0.29) is 12.0 Å². The molecule has 1 saturated heterocycles. The SMILES string of the molecule is CCOc1nc(-c2ccnc(NC(C)=O)c2)sc1C1(C2CCCCO2)N=CN=N1. The van der Waals surface area contributed by atoms with Crippen LogP contribution in [0.15, 0.2) is 33.6 Å². The number of hydrogen-bond acceptors (Lipinski definition) is 9. The Morgan fingerprint density at radius 3 is 3.03 bits per heavy atom. The molecule has 1 N–H and O–H groups in total. The van der Waals surface area contributed by atoms with Gasteiger partial charge in [0.2, 0.25) is 17.5 Å². The second kappa shape index (κ2) is 8.34. The van der Waals surface area contributed by atoms with Crippen LogP contribution in [0.5, 0.6) is 5.88 Å². The molecule has 152 valence electrons. The molecule has 4 rings (SSSR count). The molecule has 0 spiro atoms. The van der Waals surface area contributed by atoms with Crippen LogP contribution in [0.4, 0.5) is 5.82 Å². The van der Waals surface area contributed by atoms with Crippen molar-refractivity contribution in [2.75, 3.05) is 18.5 Å². The number of aromatic nitrogens is 2. The predicted molar refractivity (Wildman–Crippen MR) is 109 cm³/mol. The lowest BCUT2D eigenvalue weighted by Crippen LogP contribution is -2.39. The van der Waals surface area contributed by atoms with Crippen LogP contribution in [-0.4, -0.2) is 41.5 Å². The third-order valence-electron chi connectivity index (χ3n) is 4.67. The summed E-state index contributed by atoms with van der Waals surface area (Å²) >= 11 is 1.45. The number of carbonyl (C=O) groups is 1. The maximum Gasteiger partial charge on any atom is 0.238 e. The van der Waals surface area contributed by atoms with Gasteiger partial charge in [-0.3, -0.25) is 4.79 Å². The predicted octanol–water partition coefficient (Wildman–Crippen LogP) is 3.78. The molecule has 10 heteroatoms. The van der Waals surface area contributed by atoms with Crippen LogP contribution in [0.2, 0.25) is 0 Å². The lowest BCUT2D eigenvalue weighted by molar-refractivity contribution is -0.114. The largest absolute Gasteiger partial charge is 0.477 e. The summed E-state index contributed by atoms with van der Waals surface area (Å²) in [5.41, 5.74) is -0.145. The van der Waals surface area contributed by atoms with E-state index in [1.807, 2.05) is 13.0 Å². The van der Waals surface area contributed by atoms with E-state index in [9.17, 15) is 4.79 Å². The van der Waals surface area contributed by atoms with Crippen LogP contribution >= 0.6 is 11.3 Å². The molecule has 0 saturated carbocycles. The molecule has 0 radical (unpaired) electrons. The van der Waals surface area contributed by atoms with E-state index in [0.29, 0.717) is 24.9 Å². The number of thiazole rings is 1. The Kier molecular flexibility index (Phi) is 5.63. The molecule has 9 nitrogen and oxygen atoms in total.